The number of carbonyl (C=O) groups is 1. The molecule has 0 aromatic rings. The van der Waals surface area contributed by atoms with Gasteiger partial charge in [0.2, 0.25) is 0 Å². The number of carboxylic acids is 1. The van der Waals surface area contributed by atoms with Crippen molar-refractivity contribution in [2.24, 2.45) is 0 Å². The molecule has 0 aliphatic heterocycles. The molecule has 0 saturated carbocycles. The van der Waals surface area contributed by atoms with Crippen molar-refractivity contribution in [1.82, 2.24) is 0 Å². The van der Waals surface area contributed by atoms with E-state index in [1.165, 1.54) is 0 Å². The van der Waals surface area contributed by atoms with E-state index < -0.39 is 5.97 Å². The van der Waals surface area contributed by atoms with E-state index in [0.29, 0.717) is 0 Å². The molecule has 0 radical (unpaired) electrons. The topological polar surface area (TPSA) is 37.3 Å². The van der Waals surface area contributed by atoms with Crippen LogP contribution in [0.25, 0.3) is 0 Å². The van der Waals surface area contributed by atoms with Gasteiger partial charge in [-0.2, -0.15) is 0 Å². The molecular formula is C17H22O2. The van der Waals surface area contributed by atoms with Gasteiger partial charge in [0, 0.05) is 12.8 Å². The average Bonchev–Trinajstić information content (AvgIpc) is 2.39. The Morgan fingerprint density at radius 2 is 1.89 bits per heavy atom. The van der Waals surface area contributed by atoms with Gasteiger partial charge < -0.3 is 5.11 Å². The van der Waals surface area contributed by atoms with Crippen LogP contribution < -0.4 is 0 Å². The Labute approximate surface area is 116 Å². The highest BCUT2D eigenvalue weighted by atomic mass is 16.4. The van der Waals surface area contributed by atoms with Gasteiger partial charge in [0.05, 0.1) is 0 Å². The maximum absolute atomic E-state index is 10.3. The van der Waals surface area contributed by atoms with Gasteiger partial charge in [0.1, 0.15) is 0 Å². The van der Waals surface area contributed by atoms with Crippen LogP contribution in [0.15, 0.2) is 24.8 Å². The monoisotopic (exact) mass is 258 g/mol. The molecule has 0 aliphatic carbocycles. The third-order valence-corrected chi connectivity index (χ3v) is 2.40. The first kappa shape index (κ1) is 17.1. The molecule has 0 rings (SSSR count). The van der Waals surface area contributed by atoms with Crippen LogP contribution in [0.2, 0.25) is 0 Å². The van der Waals surface area contributed by atoms with E-state index in [-0.39, 0.29) is 6.42 Å². The van der Waals surface area contributed by atoms with Gasteiger partial charge in [0.15, 0.2) is 0 Å². The zero-order valence-corrected chi connectivity index (χ0v) is 11.5. The number of hydrogen-bond donors (Lipinski definition) is 1. The molecule has 0 aromatic carbocycles. The van der Waals surface area contributed by atoms with Crippen LogP contribution in [0.5, 0.6) is 0 Å². The quantitative estimate of drug-likeness (QED) is 0.386. The van der Waals surface area contributed by atoms with Gasteiger partial charge in [-0.05, 0) is 43.6 Å². The van der Waals surface area contributed by atoms with Crippen molar-refractivity contribution < 1.29 is 9.90 Å². The third-order valence-electron chi connectivity index (χ3n) is 2.40. The fourth-order valence-corrected chi connectivity index (χ4v) is 1.38. The van der Waals surface area contributed by atoms with E-state index in [2.05, 4.69) is 30.3 Å². The molecule has 0 heterocycles. The minimum atomic E-state index is -0.712. The fraction of sp³-hybridized carbons (Fsp3) is 0.471. The molecule has 0 aromatic heterocycles. The molecule has 0 bridgehead atoms. The first-order valence-electron chi connectivity index (χ1n) is 6.73. The van der Waals surface area contributed by atoms with E-state index in [1.807, 2.05) is 18.2 Å². The van der Waals surface area contributed by atoms with Crippen molar-refractivity contribution in [2.45, 2.75) is 51.4 Å². The summed E-state index contributed by atoms with van der Waals surface area (Å²) in [6.45, 7) is 3.64. The SMILES string of the molecule is C=CCC/C=C/C#CC#CCCCCCCC(=O)O. The summed E-state index contributed by atoms with van der Waals surface area (Å²) in [4.78, 5) is 10.3. The van der Waals surface area contributed by atoms with Crippen LogP contribution >= 0.6 is 0 Å². The molecule has 19 heavy (non-hydrogen) atoms. The predicted octanol–water partition coefficient (Wildman–Crippen LogP) is 3.94. The predicted molar refractivity (Wildman–Crippen MR) is 79.5 cm³/mol. The number of allylic oxidation sites excluding steroid dienone is 3. The molecular weight excluding hydrogens is 236 g/mol. The summed E-state index contributed by atoms with van der Waals surface area (Å²) in [5, 5.41) is 8.46. The lowest BCUT2D eigenvalue weighted by Crippen LogP contribution is -1.93. The Hall–Kier alpha value is -1.93. The maximum atomic E-state index is 10.3. The zero-order valence-electron chi connectivity index (χ0n) is 11.5. The lowest BCUT2D eigenvalue weighted by molar-refractivity contribution is -0.137. The Bertz CT molecular complexity index is 396. The van der Waals surface area contributed by atoms with Crippen LogP contribution in [-0.4, -0.2) is 11.1 Å². The molecule has 0 atom stereocenters. The summed E-state index contributed by atoms with van der Waals surface area (Å²) >= 11 is 0. The number of aliphatic carboxylic acids is 1. The van der Waals surface area contributed by atoms with E-state index in [4.69, 9.17) is 5.11 Å². The molecule has 0 fully saturated rings. The lowest BCUT2D eigenvalue weighted by atomic mass is 10.1. The summed E-state index contributed by atoms with van der Waals surface area (Å²) < 4.78 is 0. The van der Waals surface area contributed by atoms with Crippen LogP contribution in [0, 0.1) is 23.7 Å². The normalized spacial score (nSPS) is 9.26. The summed E-state index contributed by atoms with van der Waals surface area (Å²) in [5.74, 6) is 10.7. The Balaban J connectivity index is 3.44. The number of hydrogen-bond acceptors (Lipinski definition) is 1. The van der Waals surface area contributed by atoms with E-state index >= 15 is 0 Å². The second kappa shape index (κ2) is 14.1. The molecule has 102 valence electrons. The van der Waals surface area contributed by atoms with E-state index in [9.17, 15) is 4.79 Å². The number of rotatable bonds is 9. The van der Waals surface area contributed by atoms with Crippen LogP contribution in [0.1, 0.15) is 51.4 Å². The van der Waals surface area contributed by atoms with Gasteiger partial charge in [-0.3, -0.25) is 4.79 Å². The van der Waals surface area contributed by atoms with Crippen LogP contribution in [0.3, 0.4) is 0 Å². The summed E-state index contributed by atoms with van der Waals surface area (Å²) in [5.41, 5.74) is 0. The third kappa shape index (κ3) is 16.1. The summed E-state index contributed by atoms with van der Waals surface area (Å²) in [6, 6.07) is 0. The molecule has 2 nitrogen and oxygen atoms in total. The van der Waals surface area contributed by atoms with Crippen molar-refractivity contribution in [1.29, 1.82) is 0 Å². The minimum Gasteiger partial charge on any atom is -0.481 e. The van der Waals surface area contributed by atoms with Crippen molar-refractivity contribution in [3.05, 3.63) is 24.8 Å². The second-order valence-corrected chi connectivity index (χ2v) is 4.15. The smallest absolute Gasteiger partial charge is 0.303 e. The minimum absolute atomic E-state index is 0.273. The summed E-state index contributed by atoms with van der Waals surface area (Å²) in [7, 11) is 0. The Morgan fingerprint density at radius 1 is 1.11 bits per heavy atom. The highest BCUT2D eigenvalue weighted by Gasteiger charge is 1.95. The van der Waals surface area contributed by atoms with Gasteiger partial charge in [-0.15, -0.1) is 6.58 Å². The summed E-state index contributed by atoms with van der Waals surface area (Å²) in [6.07, 6.45) is 12.6. The first-order chi connectivity index (χ1) is 9.27. The van der Waals surface area contributed by atoms with E-state index in [1.54, 1.807) is 0 Å². The molecule has 0 unspecified atom stereocenters. The lowest BCUT2D eigenvalue weighted by Gasteiger charge is -1.95. The standard InChI is InChI=1S/C17H22O2/c1-2-3-4-5-6-7-8-9-10-11-12-13-14-15-16-17(18)19/h2,5-6H,1,3-4,11-16H2,(H,18,19)/b6-5+. The van der Waals surface area contributed by atoms with Gasteiger partial charge >= 0.3 is 5.97 Å². The highest BCUT2D eigenvalue weighted by molar-refractivity contribution is 5.66. The van der Waals surface area contributed by atoms with Gasteiger partial charge in [-0.25, -0.2) is 0 Å². The largest absolute Gasteiger partial charge is 0.481 e. The molecule has 0 saturated heterocycles. The number of carboxylic acid groups (broad SMARTS) is 1. The Kier molecular flexibility index (Phi) is 12.7. The molecule has 0 spiro atoms. The van der Waals surface area contributed by atoms with E-state index in [0.717, 1.165) is 44.9 Å². The molecule has 1 N–H and O–H groups in total. The van der Waals surface area contributed by atoms with Crippen LogP contribution in [-0.2, 0) is 4.79 Å². The number of unbranched alkanes of at least 4 members (excludes halogenated alkanes) is 5. The zero-order chi connectivity index (χ0) is 14.2. The molecule has 0 amide bonds. The average molecular weight is 258 g/mol. The maximum Gasteiger partial charge on any atom is 0.303 e. The first-order valence-corrected chi connectivity index (χ1v) is 6.73. The van der Waals surface area contributed by atoms with Crippen molar-refractivity contribution in [3.63, 3.8) is 0 Å². The van der Waals surface area contributed by atoms with Crippen LogP contribution in [0.4, 0.5) is 0 Å². The highest BCUT2D eigenvalue weighted by Crippen LogP contribution is 2.04. The Morgan fingerprint density at radius 3 is 2.63 bits per heavy atom. The molecule has 0 aliphatic rings. The van der Waals surface area contributed by atoms with Crippen molar-refractivity contribution in [3.8, 4) is 23.7 Å². The molecule has 2 heteroatoms. The van der Waals surface area contributed by atoms with Gasteiger partial charge in [0.25, 0.3) is 0 Å². The fourth-order valence-electron chi connectivity index (χ4n) is 1.38. The van der Waals surface area contributed by atoms with Crippen molar-refractivity contribution in [2.75, 3.05) is 0 Å². The second-order valence-electron chi connectivity index (χ2n) is 4.15. The van der Waals surface area contributed by atoms with Crippen molar-refractivity contribution >= 4 is 5.97 Å². The van der Waals surface area contributed by atoms with Gasteiger partial charge in [-0.1, -0.05) is 36.8 Å².